The molecule has 1 amide bonds. The number of carbonyl (C=O) groups is 1. The topological polar surface area (TPSA) is 36.8 Å². The van der Waals surface area contributed by atoms with Crippen LogP contribution in [0.4, 0.5) is 5.69 Å². The molecule has 0 bridgehead atoms. The van der Waals surface area contributed by atoms with E-state index in [2.05, 4.69) is 35.3 Å². The molecule has 1 fully saturated rings. The Hall–Kier alpha value is -2.04. The highest BCUT2D eigenvalue weighted by Crippen LogP contribution is 2.24. The van der Waals surface area contributed by atoms with Gasteiger partial charge in [-0.25, -0.2) is 0 Å². The van der Waals surface area contributed by atoms with Gasteiger partial charge in [0.05, 0.1) is 36.9 Å². The average Bonchev–Trinajstić information content (AvgIpc) is 2.68. The minimum Gasteiger partial charge on any atom is -0.359 e. The van der Waals surface area contributed by atoms with Crippen LogP contribution >= 0.6 is 11.6 Å². The molecule has 0 aromatic heterocycles. The summed E-state index contributed by atoms with van der Waals surface area (Å²) in [6.07, 6.45) is 0. The third kappa shape index (κ3) is 4.99. The number of nitrogens with zero attached hydrogens (tertiary/aromatic N) is 1. The third-order valence-corrected chi connectivity index (χ3v) is 5.37. The van der Waals surface area contributed by atoms with E-state index in [0.29, 0.717) is 19.0 Å². The fourth-order valence-corrected chi connectivity index (χ4v) is 3.66. The molecule has 0 aliphatic carbocycles. The summed E-state index contributed by atoms with van der Waals surface area (Å²) in [6, 6.07) is 18.3. The Kier molecular flexibility index (Phi) is 6.53. The lowest BCUT2D eigenvalue weighted by Gasteiger charge is -2.33. The Morgan fingerprint density at radius 2 is 1.77 bits per heavy atom. The van der Waals surface area contributed by atoms with Gasteiger partial charge in [-0.15, -0.1) is 0 Å². The summed E-state index contributed by atoms with van der Waals surface area (Å²) in [5, 5.41) is 3.88. The largest absolute Gasteiger partial charge is 0.359 e. The lowest BCUT2D eigenvalue weighted by Crippen LogP contribution is -3.16. The normalized spacial score (nSPS) is 16.3. The highest BCUT2D eigenvalue weighted by atomic mass is 35.5. The number of anilines is 1. The van der Waals surface area contributed by atoms with E-state index in [0.717, 1.165) is 36.9 Å². The number of carbonyl (C=O) groups excluding carboxylic acids is 1. The van der Waals surface area contributed by atoms with Crippen LogP contribution in [0, 0.1) is 0 Å². The van der Waals surface area contributed by atoms with Gasteiger partial charge in [0.15, 0.2) is 6.54 Å². The van der Waals surface area contributed by atoms with Gasteiger partial charge in [-0.2, -0.15) is 0 Å². The molecule has 2 aromatic rings. The molecule has 0 spiro atoms. The van der Waals surface area contributed by atoms with Gasteiger partial charge < -0.3 is 15.1 Å². The Labute approximate surface area is 160 Å². The number of nitrogens with one attached hydrogen (secondary N) is 2. The molecule has 2 aromatic carbocycles. The summed E-state index contributed by atoms with van der Waals surface area (Å²) in [6.45, 7) is 7.11. The van der Waals surface area contributed by atoms with Crippen molar-refractivity contribution in [3.05, 3.63) is 65.2 Å². The van der Waals surface area contributed by atoms with E-state index < -0.39 is 0 Å². The lowest BCUT2D eigenvalue weighted by molar-refractivity contribution is -0.892. The molecule has 1 atom stereocenters. The maximum Gasteiger partial charge on any atom is 0.275 e. The van der Waals surface area contributed by atoms with Crippen LogP contribution in [0.15, 0.2) is 54.6 Å². The van der Waals surface area contributed by atoms with Gasteiger partial charge in [0.25, 0.3) is 5.91 Å². The molecule has 1 saturated heterocycles. The molecule has 5 heteroatoms. The van der Waals surface area contributed by atoms with Crippen molar-refractivity contribution >= 4 is 23.2 Å². The van der Waals surface area contributed by atoms with Crippen LogP contribution in [0.3, 0.4) is 0 Å². The molecule has 4 nitrogen and oxygen atoms in total. The predicted octanol–water partition coefficient (Wildman–Crippen LogP) is 1.96. The standard InChI is InChI=1S/C21H26ClN3O/c1-17(18-7-3-2-4-8-18)15-23-21(26)16-24-11-13-25(14-12-24)20-10-6-5-9-19(20)22/h2-10,17H,11-16H2,1H3,(H,23,26)/p+1/t17-/m1/s1. The highest BCUT2D eigenvalue weighted by molar-refractivity contribution is 6.33. The number of hydrogen-bond donors (Lipinski definition) is 2. The van der Waals surface area contributed by atoms with Crippen LogP contribution in [-0.4, -0.2) is 45.2 Å². The molecule has 1 heterocycles. The number of piperazine rings is 1. The summed E-state index contributed by atoms with van der Waals surface area (Å²) < 4.78 is 0. The second-order valence-corrected chi connectivity index (χ2v) is 7.39. The Morgan fingerprint density at radius 1 is 1.12 bits per heavy atom. The van der Waals surface area contributed by atoms with Crippen molar-refractivity contribution in [2.24, 2.45) is 0 Å². The molecular formula is C21H27ClN3O+. The SMILES string of the molecule is C[C@H](CNC(=O)C[NH+]1CCN(c2ccccc2Cl)CC1)c1ccccc1. The Bertz CT molecular complexity index is 714. The monoisotopic (exact) mass is 372 g/mol. The second kappa shape index (κ2) is 9.06. The van der Waals surface area contributed by atoms with Gasteiger partial charge in [0.1, 0.15) is 0 Å². The molecular weight excluding hydrogens is 346 g/mol. The van der Waals surface area contributed by atoms with Crippen LogP contribution in [-0.2, 0) is 4.79 Å². The summed E-state index contributed by atoms with van der Waals surface area (Å²) >= 11 is 6.29. The van der Waals surface area contributed by atoms with Gasteiger partial charge in [-0.1, -0.05) is 61.0 Å². The first-order valence-corrected chi connectivity index (χ1v) is 9.66. The Morgan fingerprint density at radius 3 is 2.46 bits per heavy atom. The number of quaternary nitrogens is 1. The van der Waals surface area contributed by atoms with E-state index in [1.165, 1.54) is 10.5 Å². The molecule has 138 valence electrons. The lowest BCUT2D eigenvalue weighted by atomic mass is 10.0. The van der Waals surface area contributed by atoms with Gasteiger partial charge >= 0.3 is 0 Å². The quantitative estimate of drug-likeness (QED) is 0.813. The van der Waals surface area contributed by atoms with Gasteiger partial charge in [0.2, 0.25) is 0 Å². The first-order valence-electron chi connectivity index (χ1n) is 9.28. The van der Waals surface area contributed by atoms with E-state index in [-0.39, 0.29) is 5.91 Å². The summed E-state index contributed by atoms with van der Waals surface area (Å²) in [4.78, 5) is 15.9. The van der Waals surface area contributed by atoms with Crippen molar-refractivity contribution in [3.63, 3.8) is 0 Å². The number of rotatable bonds is 6. The van der Waals surface area contributed by atoms with E-state index in [1.807, 2.05) is 36.4 Å². The highest BCUT2D eigenvalue weighted by Gasteiger charge is 2.23. The van der Waals surface area contributed by atoms with E-state index in [9.17, 15) is 4.79 Å². The summed E-state index contributed by atoms with van der Waals surface area (Å²) in [5.74, 6) is 0.459. The molecule has 3 rings (SSSR count). The van der Waals surface area contributed by atoms with Crippen molar-refractivity contribution in [2.45, 2.75) is 12.8 Å². The molecule has 2 N–H and O–H groups in total. The minimum atomic E-state index is 0.133. The van der Waals surface area contributed by atoms with Crippen LogP contribution in [0.5, 0.6) is 0 Å². The third-order valence-electron chi connectivity index (χ3n) is 5.05. The van der Waals surface area contributed by atoms with Crippen molar-refractivity contribution in [2.75, 3.05) is 44.2 Å². The van der Waals surface area contributed by atoms with Gasteiger partial charge in [0, 0.05) is 6.54 Å². The molecule has 0 unspecified atom stereocenters. The zero-order valence-electron chi connectivity index (χ0n) is 15.2. The summed E-state index contributed by atoms with van der Waals surface area (Å²) in [7, 11) is 0. The smallest absolute Gasteiger partial charge is 0.275 e. The van der Waals surface area contributed by atoms with Crippen LogP contribution in [0.1, 0.15) is 18.4 Å². The zero-order valence-corrected chi connectivity index (χ0v) is 16.0. The van der Waals surface area contributed by atoms with Gasteiger partial charge in [-0.3, -0.25) is 4.79 Å². The molecule has 1 aliphatic heterocycles. The number of amides is 1. The fraction of sp³-hybridized carbons (Fsp3) is 0.381. The maximum atomic E-state index is 12.3. The van der Waals surface area contributed by atoms with E-state index >= 15 is 0 Å². The van der Waals surface area contributed by atoms with Crippen molar-refractivity contribution < 1.29 is 9.69 Å². The van der Waals surface area contributed by atoms with Crippen molar-refractivity contribution in [1.29, 1.82) is 0 Å². The van der Waals surface area contributed by atoms with Gasteiger partial charge in [-0.05, 0) is 23.6 Å². The van der Waals surface area contributed by atoms with Crippen molar-refractivity contribution in [1.82, 2.24) is 5.32 Å². The molecule has 0 radical (unpaired) electrons. The Balaban J connectivity index is 1.41. The van der Waals surface area contributed by atoms with E-state index in [1.54, 1.807) is 0 Å². The minimum absolute atomic E-state index is 0.133. The first-order chi connectivity index (χ1) is 12.6. The molecule has 26 heavy (non-hydrogen) atoms. The van der Waals surface area contributed by atoms with Crippen LogP contribution in [0.2, 0.25) is 5.02 Å². The average molecular weight is 373 g/mol. The fourth-order valence-electron chi connectivity index (χ4n) is 3.40. The molecule has 0 saturated carbocycles. The summed E-state index contributed by atoms with van der Waals surface area (Å²) in [5.41, 5.74) is 2.35. The first kappa shape index (κ1) is 18.7. The number of hydrogen-bond acceptors (Lipinski definition) is 2. The number of para-hydroxylation sites is 1. The predicted molar refractivity (Wildman–Crippen MR) is 107 cm³/mol. The number of halogens is 1. The van der Waals surface area contributed by atoms with Crippen LogP contribution < -0.4 is 15.1 Å². The molecule has 1 aliphatic rings. The number of benzene rings is 2. The zero-order chi connectivity index (χ0) is 18.4. The van der Waals surface area contributed by atoms with E-state index in [4.69, 9.17) is 11.6 Å². The maximum absolute atomic E-state index is 12.3. The van der Waals surface area contributed by atoms with Crippen molar-refractivity contribution in [3.8, 4) is 0 Å². The second-order valence-electron chi connectivity index (χ2n) is 6.98. The van der Waals surface area contributed by atoms with Crippen LogP contribution in [0.25, 0.3) is 0 Å².